The number of anilines is 2. The van der Waals surface area contributed by atoms with Crippen molar-refractivity contribution >= 4 is 29.0 Å². The maximum Gasteiger partial charge on any atom is 0.244 e. The highest BCUT2D eigenvalue weighted by Gasteiger charge is 2.23. The number of carbonyl (C=O) groups is 1. The lowest BCUT2D eigenvalue weighted by molar-refractivity contribution is -0.130. The Morgan fingerprint density at radius 3 is 2.83 bits per heavy atom. The standard InChI is InChI=1S/C12H17ClN4O/c1-8(12(18)17-4-2-3-5-17)16-11-10(13)6-9(14)7-15-11/h6-8H,2-5,14H2,1H3,(H,15,16). The molecule has 1 unspecified atom stereocenters. The van der Waals surface area contributed by atoms with Crippen LogP contribution in [0.2, 0.25) is 5.02 Å². The predicted molar refractivity (Wildman–Crippen MR) is 72.6 cm³/mol. The van der Waals surface area contributed by atoms with Crippen LogP contribution in [0.15, 0.2) is 12.3 Å². The minimum atomic E-state index is -0.336. The molecule has 1 amide bonds. The minimum Gasteiger partial charge on any atom is -0.397 e. The third kappa shape index (κ3) is 2.85. The van der Waals surface area contributed by atoms with Crippen molar-refractivity contribution in [3.8, 4) is 0 Å². The lowest BCUT2D eigenvalue weighted by Gasteiger charge is -2.21. The van der Waals surface area contributed by atoms with Gasteiger partial charge in [0.25, 0.3) is 0 Å². The zero-order valence-corrected chi connectivity index (χ0v) is 11.1. The van der Waals surface area contributed by atoms with Gasteiger partial charge in [-0.25, -0.2) is 4.98 Å². The molecule has 0 bridgehead atoms. The fourth-order valence-corrected chi connectivity index (χ4v) is 2.27. The average Bonchev–Trinajstić information content (AvgIpc) is 2.85. The first-order chi connectivity index (χ1) is 8.58. The predicted octanol–water partition coefficient (Wildman–Crippen LogP) is 1.74. The van der Waals surface area contributed by atoms with E-state index in [-0.39, 0.29) is 11.9 Å². The summed E-state index contributed by atoms with van der Waals surface area (Å²) in [5, 5.41) is 3.45. The number of nitrogens with zero attached hydrogens (tertiary/aromatic N) is 2. The van der Waals surface area contributed by atoms with Gasteiger partial charge in [0.1, 0.15) is 11.9 Å². The van der Waals surface area contributed by atoms with Gasteiger partial charge in [0.2, 0.25) is 5.91 Å². The van der Waals surface area contributed by atoms with E-state index in [2.05, 4.69) is 10.3 Å². The molecule has 1 aromatic heterocycles. The van der Waals surface area contributed by atoms with Crippen LogP contribution >= 0.6 is 11.6 Å². The molecule has 2 heterocycles. The van der Waals surface area contributed by atoms with Crippen molar-refractivity contribution < 1.29 is 4.79 Å². The Hall–Kier alpha value is -1.49. The second kappa shape index (κ2) is 5.44. The number of rotatable bonds is 3. The zero-order valence-electron chi connectivity index (χ0n) is 10.3. The summed E-state index contributed by atoms with van der Waals surface area (Å²) in [5.41, 5.74) is 6.07. The molecule has 5 nitrogen and oxygen atoms in total. The largest absolute Gasteiger partial charge is 0.397 e. The van der Waals surface area contributed by atoms with E-state index in [9.17, 15) is 4.79 Å². The Morgan fingerprint density at radius 2 is 2.22 bits per heavy atom. The van der Waals surface area contributed by atoms with Gasteiger partial charge >= 0.3 is 0 Å². The summed E-state index contributed by atoms with van der Waals surface area (Å²) in [6.07, 6.45) is 3.68. The Balaban J connectivity index is 2.01. The van der Waals surface area contributed by atoms with Gasteiger partial charge in [-0.15, -0.1) is 0 Å². The number of aromatic nitrogens is 1. The van der Waals surface area contributed by atoms with E-state index >= 15 is 0 Å². The lowest BCUT2D eigenvalue weighted by Crippen LogP contribution is -2.39. The molecule has 3 N–H and O–H groups in total. The van der Waals surface area contributed by atoms with Crippen molar-refractivity contribution in [2.75, 3.05) is 24.1 Å². The van der Waals surface area contributed by atoms with Gasteiger partial charge in [0.05, 0.1) is 16.9 Å². The molecule has 1 aliphatic heterocycles. The second-order valence-electron chi connectivity index (χ2n) is 4.50. The fraction of sp³-hybridized carbons (Fsp3) is 0.500. The molecule has 0 spiro atoms. The number of nitrogens with one attached hydrogen (secondary N) is 1. The second-order valence-corrected chi connectivity index (χ2v) is 4.90. The summed E-state index contributed by atoms with van der Waals surface area (Å²) < 4.78 is 0. The highest BCUT2D eigenvalue weighted by molar-refractivity contribution is 6.33. The molecule has 6 heteroatoms. The van der Waals surface area contributed by atoms with Gasteiger partial charge in [-0.2, -0.15) is 0 Å². The van der Waals surface area contributed by atoms with Gasteiger partial charge in [-0.3, -0.25) is 4.79 Å². The normalized spacial score (nSPS) is 16.7. The number of amides is 1. The van der Waals surface area contributed by atoms with Crippen LogP contribution in [0, 0.1) is 0 Å². The van der Waals surface area contributed by atoms with E-state index in [4.69, 9.17) is 17.3 Å². The summed E-state index contributed by atoms with van der Waals surface area (Å²) in [6, 6.07) is 1.28. The van der Waals surface area contributed by atoms with E-state index in [0.29, 0.717) is 16.5 Å². The molecule has 1 atom stereocenters. The maximum atomic E-state index is 12.1. The van der Waals surface area contributed by atoms with Crippen LogP contribution in [0.1, 0.15) is 19.8 Å². The Labute approximate surface area is 111 Å². The number of pyridine rings is 1. The number of halogens is 1. The molecular formula is C12H17ClN4O. The van der Waals surface area contributed by atoms with Crippen LogP contribution in [0.25, 0.3) is 0 Å². The molecule has 0 aliphatic carbocycles. The van der Waals surface area contributed by atoms with Crippen LogP contribution < -0.4 is 11.1 Å². The van der Waals surface area contributed by atoms with Crippen LogP contribution in [0.3, 0.4) is 0 Å². The number of likely N-dealkylation sites (tertiary alicyclic amines) is 1. The summed E-state index contributed by atoms with van der Waals surface area (Å²) in [6.45, 7) is 3.50. The molecule has 0 aromatic carbocycles. The first kappa shape index (κ1) is 13.0. The SMILES string of the molecule is CC(Nc1ncc(N)cc1Cl)C(=O)N1CCCC1. The lowest BCUT2D eigenvalue weighted by atomic mass is 10.3. The van der Waals surface area contributed by atoms with Gasteiger partial charge in [0.15, 0.2) is 0 Å². The summed E-state index contributed by atoms with van der Waals surface area (Å²) in [5.74, 6) is 0.577. The van der Waals surface area contributed by atoms with Crippen molar-refractivity contribution in [1.82, 2.24) is 9.88 Å². The quantitative estimate of drug-likeness (QED) is 0.876. The van der Waals surface area contributed by atoms with E-state index < -0.39 is 0 Å². The summed E-state index contributed by atoms with van der Waals surface area (Å²) in [4.78, 5) is 18.0. The van der Waals surface area contributed by atoms with E-state index in [0.717, 1.165) is 25.9 Å². The van der Waals surface area contributed by atoms with Crippen molar-refractivity contribution in [2.45, 2.75) is 25.8 Å². The molecule has 0 saturated carbocycles. The first-order valence-corrected chi connectivity index (χ1v) is 6.42. The monoisotopic (exact) mass is 268 g/mol. The third-order valence-electron chi connectivity index (χ3n) is 3.00. The number of hydrogen-bond acceptors (Lipinski definition) is 4. The molecule has 1 fully saturated rings. The van der Waals surface area contributed by atoms with Gasteiger partial charge < -0.3 is 16.0 Å². The first-order valence-electron chi connectivity index (χ1n) is 6.04. The van der Waals surface area contributed by atoms with Gasteiger partial charge in [-0.05, 0) is 25.8 Å². The van der Waals surface area contributed by atoms with Crippen molar-refractivity contribution in [1.29, 1.82) is 0 Å². The smallest absolute Gasteiger partial charge is 0.244 e. The molecular weight excluding hydrogens is 252 g/mol. The van der Waals surface area contributed by atoms with Crippen LogP contribution in [0.4, 0.5) is 11.5 Å². The van der Waals surface area contributed by atoms with Gasteiger partial charge in [0, 0.05) is 13.1 Å². The Kier molecular flexibility index (Phi) is 3.91. The Bertz CT molecular complexity index is 446. The summed E-state index contributed by atoms with van der Waals surface area (Å²) >= 11 is 6.01. The maximum absolute atomic E-state index is 12.1. The van der Waals surface area contributed by atoms with E-state index in [1.54, 1.807) is 6.07 Å². The zero-order chi connectivity index (χ0) is 13.1. The van der Waals surface area contributed by atoms with Crippen LogP contribution in [-0.2, 0) is 4.79 Å². The molecule has 1 aliphatic rings. The molecule has 18 heavy (non-hydrogen) atoms. The molecule has 1 aromatic rings. The highest BCUT2D eigenvalue weighted by Crippen LogP contribution is 2.22. The van der Waals surface area contributed by atoms with Crippen molar-refractivity contribution in [3.63, 3.8) is 0 Å². The van der Waals surface area contributed by atoms with E-state index in [1.165, 1.54) is 6.20 Å². The van der Waals surface area contributed by atoms with Crippen LogP contribution in [-0.4, -0.2) is 34.9 Å². The minimum absolute atomic E-state index is 0.0854. The number of nitrogens with two attached hydrogens (primary N) is 1. The van der Waals surface area contributed by atoms with E-state index in [1.807, 2.05) is 11.8 Å². The number of carbonyl (C=O) groups excluding carboxylic acids is 1. The van der Waals surface area contributed by atoms with Gasteiger partial charge in [-0.1, -0.05) is 11.6 Å². The average molecular weight is 269 g/mol. The van der Waals surface area contributed by atoms with Crippen molar-refractivity contribution in [3.05, 3.63) is 17.3 Å². The molecule has 2 rings (SSSR count). The molecule has 98 valence electrons. The summed E-state index contributed by atoms with van der Waals surface area (Å²) in [7, 11) is 0. The third-order valence-corrected chi connectivity index (χ3v) is 3.29. The fourth-order valence-electron chi connectivity index (χ4n) is 2.04. The van der Waals surface area contributed by atoms with Crippen LogP contribution in [0.5, 0.6) is 0 Å². The number of nitrogen functional groups attached to an aromatic ring is 1. The topological polar surface area (TPSA) is 71.2 Å². The number of hydrogen-bond donors (Lipinski definition) is 2. The molecule has 0 radical (unpaired) electrons. The molecule has 1 saturated heterocycles. The Morgan fingerprint density at radius 1 is 1.56 bits per heavy atom. The highest BCUT2D eigenvalue weighted by atomic mass is 35.5. The van der Waals surface area contributed by atoms with Crippen molar-refractivity contribution in [2.24, 2.45) is 0 Å².